The van der Waals surface area contributed by atoms with Crippen LogP contribution in [0.2, 0.25) is 0 Å². The van der Waals surface area contributed by atoms with E-state index in [1.807, 2.05) is 4.90 Å². The van der Waals surface area contributed by atoms with Gasteiger partial charge in [-0.3, -0.25) is 14.5 Å². The van der Waals surface area contributed by atoms with Crippen molar-refractivity contribution in [2.45, 2.75) is 0 Å². The van der Waals surface area contributed by atoms with E-state index in [1.54, 1.807) is 18.0 Å². The van der Waals surface area contributed by atoms with Gasteiger partial charge in [0.25, 0.3) is 0 Å². The summed E-state index contributed by atoms with van der Waals surface area (Å²) in [5.41, 5.74) is 0. The third kappa shape index (κ3) is 5.29. The average molecular weight is 254 g/mol. The normalized spacial score (nSPS) is 15.6. The largest absolute Gasteiger partial charge is 0.352 e. The Labute approximate surface area is 108 Å². The van der Waals surface area contributed by atoms with Crippen LogP contribution in [-0.4, -0.2) is 74.5 Å². The summed E-state index contributed by atoms with van der Waals surface area (Å²) < 4.78 is 0. The van der Waals surface area contributed by atoms with Gasteiger partial charge in [-0.1, -0.05) is 6.08 Å². The minimum absolute atomic E-state index is 0.0792. The molecule has 6 nitrogen and oxygen atoms in total. The molecule has 0 bridgehead atoms. The Morgan fingerprint density at radius 3 is 2.67 bits per heavy atom. The summed E-state index contributed by atoms with van der Waals surface area (Å²) in [7, 11) is 1.77. The first kappa shape index (κ1) is 14.7. The standard InChI is InChI=1S/C12H22N4O2/c1-3-4-14-11(17)9-15(2)10-12(18)16-7-5-13-6-8-16/h3,13H,1,4-10H2,2H3,(H,14,17). The molecule has 1 fully saturated rings. The van der Waals surface area contributed by atoms with Gasteiger partial charge >= 0.3 is 0 Å². The highest BCUT2D eigenvalue weighted by atomic mass is 16.2. The second kappa shape index (κ2) is 7.84. The molecule has 0 unspecified atom stereocenters. The summed E-state index contributed by atoms with van der Waals surface area (Å²) in [4.78, 5) is 26.9. The van der Waals surface area contributed by atoms with E-state index in [2.05, 4.69) is 17.2 Å². The molecule has 1 aliphatic heterocycles. The van der Waals surface area contributed by atoms with Crippen molar-refractivity contribution in [3.8, 4) is 0 Å². The number of nitrogens with one attached hydrogen (secondary N) is 2. The van der Waals surface area contributed by atoms with Gasteiger partial charge in [-0.2, -0.15) is 0 Å². The van der Waals surface area contributed by atoms with Crippen LogP contribution in [0, 0.1) is 0 Å². The average Bonchev–Trinajstić information content (AvgIpc) is 2.37. The summed E-state index contributed by atoms with van der Waals surface area (Å²) in [5.74, 6) is -0.0129. The first-order valence-electron chi connectivity index (χ1n) is 6.18. The van der Waals surface area contributed by atoms with Crippen molar-refractivity contribution < 1.29 is 9.59 Å². The summed E-state index contributed by atoms with van der Waals surface area (Å²) in [6.07, 6.45) is 1.63. The third-order valence-electron chi connectivity index (χ3n) is 2.73. The molecule has 1 heterocycles. The van der Waals surface area contributed by atoms with E-state index in [4.69, 9.17) is 0 Å². The fourth-order valence-electron chi connectivity index (χ4n) is 1.79. The second-order valence-corrected chi connectivity index (χ2v) is 4.40. The molecule has 18 heavy (non-hydrogen) atoms. The molecule has 1 saturated heterocycles. The molecule has 102 valence electrons. The van der Waals surface area contributed by atoms with Crippen LogP contribution in [0.4, 0.5) is 0 Å². The van der Waals surface area contributed by atoms with E-state index >= 15 is 0 Å². The smallest absolute Gasteiger partial charge is 0.236 e. The number of amides is 2. The van der Waals surface area contributed by atoms with Gasteiger partial charge in [-0.25, -0.2) is 0 Å². The van der Waals surface area contributed by atoms with Crippen LogP contribution in [-0.2, 0) is 9.59 Å². The fourth-order valence-corrected chi connectivity index (χ4v) is 1.79. The Balaban J connectivity index is 2.25. The second-order valence-electron chi connectivity index (χ2n) is 4.40. The zero-order chi connectivity index (χ0) is 13.4. The molecule has 0 spiro atoms. The monoisotopic (exact) mass is 254 g/mol. The first-order valence-corrected chi connectivity index (χ1v) is 6.18. The van der Waals surface area contributed by atoms with Crippen LogP contribution < -0.4 is 10.6 Å². The Morgan fingerprint density at radius 2 is 2.06 bits per heavy atom. The number of hydrogen-bond acceptors (Lipinski definition) is 4. The minimum atomic E-state index is -0.0921. The maximum absolute atomic E-state index is 11.9. The van der Waals surface area contributed by atoms with Crippen LogP contribution in [0.1, 0.15) is 0 Å². The highest BCUT2D eigenvalue weighted by Gasteiger charge is 2.18. The molecule has 6 heteroatoms. The molecule has 0 radical (unpaired) electrons. The summed E-state index contributed by atoms with van der Waals surface area (Å²) in [6.45, 7) is 7.67. The molecule has 0 aliphatic carbocycles. The van der Waals surface area contributed by atoms with Gasteiger partial charge in [0.2, 0.25) is 11.8 Å². The highest BCUT2D eigenvalue weighted by molar-refractivity contribution is 5.81. The van der Waals surface area contributed by atoms with Crippen molar-refractivity contribution in [2.24, 2.45) is 0 Å². The molecular formula is C12H22N4O2. The number of hydrogen-bond donors (Lipinski definition) is 2. The van der Waals surface area contributed by atoms with E-state index in [1.165, 1.54) is 0 Å². The number of nitrogens with zero attached hydrogens (tertiary/aromatic N) is 2. The lowest BCUT2D eigenvalue weighted by Crippen LogP contribution is -2.50. The van der Waals surface area contributed by atoms with Crippen LogP contribution in [0.25, 0.3) is 0 Å². The Bertz CT molecular complexity index is 300. The molecule has 0 aromatic heterocycles. The van der Waals surface area contributed by atoms with E-state index < -0.39 is 0 Å². The van der Waals surface area contributed by atoms with Crippen molar-refractivity contribution in [1.82, 2.24) is 20.4 Å². The van der Waals surface area contributed by atoms with Crippen molar-refractivity contribution >= 4 is 11.8 Å². The lowest BCUT2D eigenvalue weighted by Gasteiger charge is -2.29. The summed E-state index contributed by atoms with van der Waals surface area (Å²) in [5, 5.41) is 5.88. The van der Waals surface area contributed by atoms with Crippen LogP contribution in [0.5, 0.6) is 0 Å². The summed E-state index contributed by atoms with van der Waals surface area (Å²) in [6, 6.07) is 0. The van der Waals surface area contributed by atoms with Gasteiger partial charge in [0.05, 0.1) is 13.1 Å². The number of likely N-dealkylation sites (N-methyl/N-ethyl adjacent to an activating group) is 1. The van der Waals surface area contributed by atoms with Crippen molar-refractivity contribution in [2.75, 3.05) is 52.9 Å². The van der Waals surface area contributed by atoms with Gasteiger partial charge in [-0.15, -0.1) is 6.58 Å². The molecule has 0 aromatic rings. The Kier molecular flexibility index (Phi) is 6.38. The predicted octanol–water partition coefficient (Wildman–Crippen LogP) is -1.35. The number of rotatable bonds is 6. The zero-order valence-corrected chi connectivity index (χ0v) is 10.9. The van der Waals surface area contributed by atoms with Crippen molar-refractivity contribution in [1.29, 1.82) is 0 Å². The molecule has 0 atom stereocenters. The van der Waals surface area contributed by atoms with E-state index in [0.717, 1.165) is 26.2 Å². The van der Waals surface area contributed by atoms with E-state index in [-0.39, 0.29) is 24.9 Å². The Morgan fingerprint density at radius 1 is 1.39 bits per heavy atom. The van der Waals surface area contributed by atoms with Gasteiger partial charge in [-0.05, 0) is 7.05 Å². The molecular weight excluding hydrogens is 232 g/mol. The topological polar surface area (TPSA) is 64.7 Å². The Hall–Kier alpha value is -1.40. The number of carbonyl (C=O) groups excluding carboxylic acids is 2. The van der Waals surface area contributed by atoms with Gasteiger partial charge in [0, 0.05) is 32.7 Å². The molecule has 0 saturated carbocycles. The molecule has 2 N–H and O–H groups in total. The molecule has 0 aromatic carbocycles. The van der Waals surface area contributed by atoms with Crippen LogP contribution in [0.15, 0.2) is 12.7 Å². The quantitative estimate of drug-likeness (QED) is 0.575. The lowest BCUT2D eigenvalue weighted by molar-refractivity contribution is -0.133. The van der Waals surface area contributed by atoms with Crippen molar-refractivity contribution in [3.05, 3.63) is 12.7 Å². The van der Waals surface area contributed by atoms with Crippen LogP contribution in [0.3, 0.4) is 0 Å². The van der Waals surface area contributed by atoms with Gasteiger partial charge in [0.1, 0.15) is 0 Å². The predicted molar refractivity (Wildman–Crippen MR) is 70.2 cm³/mol. The zero-order valence-electron chi connectivity index (χ0n) is 10.9. The minimum Gasteiger partial charge on any atom is -0.352 e. The number of carbonyl (C=O) groups is 2. The first-order chi connectivity index (χ1) is 8.63. The summed E-state index contributed by atoms with van der Waals surface area (Å²) >= 11 is 0. The number of piperazine rings is 1. The third-order valence-corrected chi connectivity index (χ3v) is 2.73. The van der Waals surface area contributed by atoms with Gasteiger partial charge in [0.15, 0.2) is 0 Å². The molecule has 2 amide bonds. The van der Waals surface area contributed by atoms with E-state index in [0.29, 0.717) is 6.54 Å². The van der Waals surface area contributed by atoms with Crippen molar-refractivity contribution in [3.63, 3.8) is 0 Å². The molecule has 1 rings (SSSR count). The van der Waals surface area contributed by atoms with Gasteiger partial charge < -0.3 is 15.5 Å². The maximum atomic E-state index is 11.9. The van der Waals surface area contributed by atoms with E-state index in [9.17, 15) is 9.59 Å². The molecule has 1 aliphatic rings. The fraction of sp³-hybridized carbons (Fsp3) is 0.667. The lowest BCUT2D eigenvalue weighted by atomic mass is 10.3. The maximum Gasteiger partial charge on any atom is 0.236 e. The van der Waals surface area contributed by atoms with Crippen LogP contribution >= 0.6 is 0 Å². The SMILES string of the molecule is C=CCNC(=O)CN(C)CC(=O)N1CCNCC1. The highest BCUT2D eigenvalue weighted by Crippen LogP contribution is 1.95.